The fourth-order valence-corrected chi connectivity index (χ4v) is 2.72. The van der Waals surface area contributed by atoms with Crippen molar-refractivity contribution in [1.29, 1.82) is 0 Å². The Labute approximate surface area is 115 Å². The Morgan fingerprint density at radius 3 is 2.32 bits per heavy atom. The lowest BCUT2D eigenvalue weighted by Gasteiger charge is -2.13. The number of benzene rings is 1. The highest BCUT2D eigenvalue weighted by Crippen LogP contribution is 2.14. The minimum absolute atomic E-state index is 0.109. The number of nitrogens with one attached hydrogen (secondary N) is 1. The summed E-state index contributed by atoms with van der Waals surface area (Å²) in [6, 6.07) is 6.47. The molecule has 0 bridgehead atoms. The Balaban J connectivity index is 2.72. The van der Waals surface area contributed by atoms with Gasteiger partial charge in [0.25, 0.3) is 0 Å². The van der Waals surface area contributed by atoms with Crippen LogP contribution in [0.15, 0.2) is 29.2 Å². The minimum atomic E-state index is -3.49. The van der Waals surface area contributed by atoms with Crippen LogP contribution in [0, 0.1) is 0 Å². The van der Waals surface area contributed by atoms with E-state index in [9.17, 15) is 8.42 Å². The van der Waals surface area contributed by atoms with Crippen molar-refractivity contribution in [3.8, 4) is 0 Å². The zero-order valence-electron chi connectivity index (χ0n) is 11.6. The maximum Gasteiger partial charge on any atom is 0.240 e. The molecule has 1 aromatic carbocycles. The molecule has 0 aliphatic heterocycles. The second-order valence-corrected chi connectivity index (χ2v) is 6.24. The molecule has 19 heavy (non-hydrogen) atoms. The fourth-order valence-electron chi connectivity index (χ4n) is 1.60. The smallest absolute Gasteiger partial charge is 0.240 e. The van der Waals surface area contributed by atoms with Gasteiger partial charge >= 0.3 is 0 Å². The van der Waals surface area contributed by atoms with E-state index in [4.69, 9.17) is 10.5 Å². The monoisotopic (exact) mass is 286 g/mol. The summed E-state index contributed by atoms with van der Waals surface area (Å²) < 4.78 is 31.9. The third-order valence-electron chi connectivity index (χ3n) is 2.73. The fraction of sp³-hybridized carbons (Fsp3) is 0.538. The van der Waals surface area contributed by atoms with Crippen molar-refractivity contribution >= 4 is 10.0 Å². The summed E-state index contributed by atoms with van der Waals surface area (Å²) in [5.41, 5.74) is 6.63. The van der Waals surface area contributed by atoms with Crippen molar-refractivity contribution in [2.24, 2.45) is 5.73 Å². The molecular formula is C13H22N2O3S. The summed E-state index contributed by atoms with van der Waals surface area (Å²) in [7, 11) is -3.49. The minimum Gasteiger partial charge on any atom is -0.377 e. The molecule has 1 aromatic rings. The van der Waals surface area contributed by atoms with Crippen molar-refractivity contribution < 1.29 is 13.2 Å². The van der Waals surface area contributed by atoms with Crippen LogP contribution in [0.25, 0.3) is 0 Å². The van der Waals surface area contributed by atoms with E-state index in [1.165, 1.54) is 0 Å². The predicted octanol–water partition coefficient (Wildman–Crippen LogP) is 1.41. The summed E-state index contributed by atoms with van der Waals surface area (Å²) in [4.78, 5) is 0.237. The van der Waals surface area contributed by atoms with Crippen LogP contribution < -0.4 is 10.5 Å². The Hall–Kier alpha value is -0.950. The average molecular weight is 286 g/mol. The van der Waals surface area contributed by atoms with Crippen LogP contribution in [0.2, 0.25) is 0 Å². The van der Waals surface area contributed by atoms with Gasteiger partial charge in [-0.3, -0.25) is 0 Å². The third-order valence-corrected chi connectivity index (χ3v) is 4.17. The normalized spacial score (nSPS) is 15.2. The van der Waals surface area contributed by atoms with Gasteiger partial charge in [-0.1, -0.05) is 12.1 Å². The zero-order valence-corrected chi connectivity index (χ0v) is 12.4. The number of sulfonamides is 1. The molecule has 6 heteroatoms. The van der Waals surface area contributed by atoms with Crippen LogP contribution >= 0.6 is 0 Å². The van der Waals surface area contributed by atoms with Crippen molar-refractivity contribution in [2.45, 2.75) is 37.8 Å². The second-order valence-electron chi connectivity index (χ2n) is 4.48. The molecule has 2 atom stereocenters. The number of ether oxygens (including phenoxy) is 1. The van der Waals surface area contributed by atoms with Crippen LogP contribution in [0.4, 0.5) is 0 Å². The Bertz CT molecular complexity index is 483. The summed E-state index contributed by atoms with van der Waals surface area (Å²) >= 11 is 0. The maximum absolute atomic E-state index is 12.0. The van der Waals surface area contributed by atoms with Gasteiger partial charge < -0.3 is 10.5 Å². The Kier molecular flexibility index (Phi) is 5.93. The van der Waals surface area contributed by atoms with E-state index < -0.39 is 10.0 Å². The van der Waals surface area contributed by atoms with Crippen LogP contribution in [0.1, 0.15) is 32.4 Å². The molecule has 0 fully saturated rings. The van der Waals surface area contributed by atoms with Gasteiger partial charge in [-0.25, -0.2) is 13.1 Å². The number of hydrogen-bond donors (Lipinski definition) is 2. The zero-order chi connectivity index (χ0) is 14.5. The van der Waals surface area contributed by atoms with Crippen molar-refractivity contribution in [3.05, 3.63) is 29.8 Å². The highest BCUT2D eigenvalue weighted by molar-refractivity contribution is 7.89. The Morgan fingerprint density at radius 2 is 1.84 bits per heavy atom. The Morgan fingerprint density at radius 1 is 1.26 bits per heavy atom. The molecule has 0 saturated carbocycles. The topological polar surface area (TPSA) is 81.4 Å². The first kappa shape index (κ1) is 16.1. The molecule has 1 rings (SSSR count). The average Bonchev–Trinajstić information content (AvgIpc) is 2.37. The van der Waals surface area contributed by atoms with Gasteiger partial charge in [-0.2, -0.15) is 0 Å². The van der Waals surface area contributed by atoms with Gasteiger partial charge in [0, 0.05) is 19.2 Å². The van der Waals surface area contributed by atoms with Crippen LogP contribution in [0.3, 0.4) is 0 Å². The summed E-state index contributed by atoms with van der Waals surface area (Å²) in [5.74, 6) is 0. The van der Waals surface area contributed by atoms with Crippen LogP contribution in [-0.2, 0) is 14.8 Å². The molecule has 0 aromatic heterocycles. The highest BCUT2D eigenvalue weighted by atomic mass is 32.2. The number of nitrogens with two attached hydrogens (primary N) is 1. The van der Waals surface area contributed by atoms with Crippen molar-refractivity contribution in [2.75, 3.05) is 13.2 Å². The van der Waals surface area contributed by atoms with Crippen molar-refractivity contribution in [1.82, 2.24) is 4.72 Å². The quantitative estimate of drug-likeness (QED) is 0.794. The molecule has 3 N–H and O–H groups in total. The van der Waals surface area contributed by atoms with E-state index in [2.05, 4.69) is 4.72 Å². The van der Waals surface area contributed by atoms with E-state index in [1.54, 1.807) is 24.3 Å². The molecule has 0 aliphatic rings. The van der Waals surface area contributed by atoms with E-state index in [-0.39, 0.29) is 23.6 Å². The summed E-state index contributed by atoms with van der Waals surface area (Å²) in [5, 5.41) is 0. The van der Waals surface area contributed by atoms with E-state index in [0.29, 0.717) is 6.61 Å². The van der Waals surface area contributed by atoms with Gasteiger partial charge in [0.1, 0.15) is 0 Å². The van der Waals surface area contributed by atoms with Crippen molar-refractivity contribution in [3.63, 3.8) is 0 Å². The molecular weight excluding hydrogens is 264 g/mol. The number of rotatable bonds is 7. The molecule has 2 unspecified atom stereocenters. The van der Waals surface area contributed by atoms with Gasteiger partial charge in [0.15, 0.2) is 0 Å². The van der Waals surface area contributed by atoms with E-state index in [0.717, 1.165) is 5.56 Å². The largest absolute Gasteiger partial charge is 0.377 e. The summed E-state index contributed by atoms with van der Waals surface area (Å²) in [6.45, 7) is 6.37. The predicted molar refractivity (Wildman–Crippen MR) is 75.3 cm³/mol. The van der Waals surface area contributed by atoms with E-state index in [1.807, 2.05) is 20.8 Å². The lowest BCUT2D eigenvalue weighted by atomic mass is 10.1. The molecule has 0 amide bonds. The van der Waals surface area contributed by atoms with Crippen LogP contribution in [-0.4, -0.2) is 27.7 Å². The SMILES string of the molecule is CCOC(C)CNS(=O)(=O)c1ccc(C(C)N)cc1. The number of hydrogen-bond acceptors (Lipinski definition) is 4. The molecule has 0 aliphatic carbocycles. The van der Waals surface area contributed by atoms with Gasteiger partial charge in [-0.15, -0.1) is 0 Å². The lowest BCUT2D eigenvalue weighted by molar-refractivity contribution is 0.0799. The molecule has 5 nitrogen and oxygen atoms in total. The molecule has 108 valence electrons. The maximum atomic E-state index is 12.0. The first-order chi connectivity index (χ1) is 8.86. The van der Waals surface area contributed by atoms with Crippen LogP contribution in [0.5, 0.6) is 0 Å². The second kappa shape index (κ2) is 7.00. The van der Waals surface area contributed by atoms with E-state index >= 15 is 0 Å². The molecule has 0 radical (unpaired) electrons. The first-order valence-electron chi connectivity index (χ1n) is 6.33. The molecule has 0 spiro atoms. The van der Waals surface area contributed by atoms with Gasteiger partial charge in [0.2, 0.25) is 10.0 Å². The first-order valence-corrected chi connectivity index (χ1v) is 7.82. The summed E-state index contributed by atoms with van der Waals surface area (Å²) in [6.07, 6.45) is -0.150. The highest BCUT2D eigenvalue weighted by Gasteiger charge is 2.15. The van der Waals surface area contributed by atoms with Gasteiger partial charge in [0.05, 0.1) is 11.0 Å². The molecule has 0 saturated heterocycles. The molecule has 0 heterocycles. The van der Waals surface area contributed by atoms with Gasteiger partial charge in [-0.05, 0) is 38.5 Å². The standard InChI is InChI=1S/C13H22N2O3S/c1-4-18-10(2)9-15-19(16,17)13-7-5-12(6-8-13)11(3)14/h5-8,10-11,15H,4,9,14H2,1-3H3. The third kappa shape index (κ3) is 4.91. The lowest BCUT2D eigenvalue weighted by Crippen LogP contribution is -2.32.